The number of hydrogen-bond acceptors (Lipinski definition) is 4. The van der Waals surface area contributed by atoms with E-state index in [1.165, 1.54) is 12.1 Å². The van der Waals surface area contributed by atoms with Gasteiger partial charge in [-0.05, 0) is 62.3 Å². The fourth-order valence-corrected chi connectivity index (χ4v) is 2.92. The van der Waals surface area contributed by atoms with Gasteiger partial charge in [0.2, 0.25) is 0 Å². The maximum Gasteiger partial charge on any atom is 0.190 e. The Morgan fingerprint density at radius 3 is 2.45 bits per heavy atom. The molecule has 2 N–H and O–H groups in total. The van der Waals surface area contributed by atoms with Crippen molar-refractivity contribution in [2.75, 3.05) is 53.2 Å². The van der Waals surface area contributed by atoms with E-state index in [0.29, 0.717) is 18.3 Å². The number of hydrogen-bond donors (Lipinski definition) is 2. The molecule has 1 aliphatic rings. The molecule has 0 bridgehead atoms. The highest BCUT2D eigenvalue weighted by Gasteiger charge is 2.13. The summed E-state index contributed by atoms with van der Waals surface area (Å²) in [5.74, 6) is 1.92. The van der Waals surface area contributed by atoms with Crippen LogP contribution in [0.5, 0.6) is 5.75 Å². The molecule has 0 unspecified atom stereocenters. The van der Waals surface area contributed by atoms with Crippen molar-refractivity contribution in [1.29, 1.82) is 0 Å². The minimum Gasteiger partial charge on any atom is -0.494 e. The zero-order valence-electron chi connectivity index (χ0n) is 17.3. The Hall–Kier alpha value is -1.13. The van der Waals surface area contributed by atoms with E-state index < -0.39 is 0 Å². The molecule has 0 radical (unpaired) electrons. The third kappa shape index (κ3) is 12.2. The number of aliphatic imine (C=N–C) groups is 1. The SMILES string of the molecule is CN=C(NCCCCOc1ccc(F)cc1)NCCCOCC1CCOCC1.I. The fraction of sp³-hybridized carbons (Fsp3) is 0.667. The topological polar surface area (TPSA) is 64.1 Å². The van der Waals surface area contributed by atoms with Crippen LogP contribution >= 0.6 is 24.0 Å². The monoisotopic (exact) mass is 523 g/mol. The van der Waals surface area contributed by atoms with Crippen LogP contribution in [-0.2, 0) is 9.47 Å². The van der Waals surface area contributed by atoms with Crippen LogP contribution in [0.2, 0.25) is 0 Å². The summed E-state index contributed by atoms with van der Waals surface area (Å²) in [6.45, 7) is 5.63. The Balaban J connectivity index is 0.00000420. The maximum atomic E-state index is 12.8. The summed E-state index contributed by atoms with van der Waals surface area (Å²) in [5.41, 5.74) is 0. The van der Waals surface area contributed by atoms with E-state index in [4.69, 9.17) is 14.2 Å². The van der Waals surface area contributed by atoms with Crippen LogP contribution in [0.1, 0.15) is 32.1 Å². The lowest BCUT2D eigenvalue weighted by atomic mass is 10.0. The molecule has 1 saturated heterocycles. The first kappa shape index (κ1) is 25.9. The number of benzene rings is 1. The highest BCUT2D eigenvalue weighted by molar-refractivity contribution is 14.0. The minimum atomic E-state index is -0.249. The molecule has 1 heterocycles. The normalized spacial score (nSPS) is 14.9. The Morgan fingerprint density at radius 2 is 1.76 bits per heavy atom. The van der Waals surface area contributed by atoms with Crippen LogP contribution in [0.15, 0.2) is 29.3 Å². The lowest BCUT2D eigenvalue weighted by Gasteiger charge is -2.21. The van der Waals surface area contributed by atoms with E-state index in [2.05, 4.69) is 15.6 Å². The summed E-state index contributed by atoms with van der Waals surface area (Å²) in [7, 11) is 1.77. The summed E-state index contributed by atoms with van der Waals surface area (Å²) in [6, 6.07) is 6.10. The van der Waals surface area contributed by atoms with E-state index >= 15 is 0 Å². The lowest BCUT2D eigenvalue weighted by Crippen LogP contribution is -2.38. The molecule has 0 aromatic heterocycles. The molecule has 8 heteroatoms. The van der Waals surface area contributed by atoms with Crippen molar-refractivity contribution in [1.82, 2.24) is 10.6 Å². The second kappa shape index (κ2) is 16.6. The van der Waals surface area contributed by atoms with Gasteiger partial charge in [-0.25, -0.2) is 4.39 Å². The third-order valence-corrected chi connectivity index (χ3v) is 4.62. The number of unbranched alkanes of at least 4 members (excludes halogenated alkanes) is 1. The minimum absolute atomic E-state index is 0. The highest BCUT2D eigenvalue weighted by atomic mass is 127. The lowest BCUT2D eigenvalue weighted by molar-refractivity contribution is 0.0203. The molecule has 6 nitrogen and oxygen atoms in total. The van der Waals surface area contributed by atoms with Gasteiger partial charge in [-0.2, -0.15) is 0 Å². The van der Waals surface area contributed by atoms with Crippen molar-refractivity contribution >= 4 is 29.9 Å². The summed E-state index contributed by atoms with van der Waals surface area (Å²) in [4.78, 5) is 4.23. The second-order valence-electron chi connectivity index (χ2n) is 6.92. The van der Waals surface area contributed by atoms with Crippen LogP contribution in [0, 0.1) is 11.7 Å². The van der Waals surface area contributed by atoms with Gasteiger partial charge in [-0.3, -0.25) is 4.99 Å². The summed E-state index contributed by atoms with van der Waals surface area (Å²) < 4.78 is 29.5. The number of guanidine groups is 1. The third-order valence-electron chi connectivity index (χ3n) is 4.62. The molecular weight excluding hydrogens is 488 g/mol. The molecule has 0 aliphatic carbocycles. The van der Waals surface area contributed by atoms with Crippen LogP contribution in [0.4, 0.5) is 4.39 Å². The molecule has 2 rings (SSSR count). The van der Waals surface area contributed by atoms with E-state index in [0.717, 1.165) is 77.6 Å². The Kier molecular flexibility index (Phi) is 14.9. The van der Waals surface area contributed by atoms with Gasteiger partial charge in [-0.15, -0.1) is 24.0 Å². The second-order valence-corrected chi connectivity index (χ2v) is 6.92. The van der Waals surface area contributed by atoms with E-state index in [1.807, 2.05) is 0 Å². The molecule has 0 amide bonds. The number of rotatable bonds is 12. The molecule has 0 atom stereocenters. The Morgan fingerprint density at radius 1 is 1.07 bits per heavy atom. The predicted molar refractivity (Wildman–Crippen MR) is 125 cm³/mol. The van der Waals surface area contributed by atoms with Gasteiger partial charge >= 0.3 is 0 Å². The van der Waals surface area contributed by atoms with Gasteiger partial charge in [0.1, 0.15) is 11.6 Å². The molecule has 166 valence electrons. The Bertz CT molecular complexity index is 555. The molecule has 29 heavy (non-hydrogen) atoms. The van der Waals surface area contributed by atoms with Gasteiger partial charge in [0.15, 0.2) is 5.96 Å². The molecule has 1 fully saturated rings. The van der Waals surface area contributed by atoms with Crippen LogP contribution in [-0.4, -0.2) is 59.1 Å². The molecule has 0 spiro atoms. The van der Waals surface area contributed by atoms with Crippen molar-refractivity contribution in [2.45, 2.75) is 32.1 Å². The predicted octanol–water partition coefficient (Wildman–Crippen LogP) is 3.60. The summed E-state index contributed by atoms with van der Waals surface area (Å²) >= 11 is 0. The number of nitrogens with one attached hydrogen (secondary N) is 2. The molecule has 0 saturated carbocycles. The fourth-order valence-electron chi connectivity index (χ4n) is 2.92. The summed E-state index contributed by atoms with van der Waals surface area (Å²) in [6.07, 6.45) is 5.07. The first-order valence-corrected chi connectivity index (χ1v) is 10.3. The maximum absolute atomic E-state index is 12.8. The van der Waals surface area contributed by atoms with Gasteiger partial charge in [0.25, 0.3) is 0 Å². The van der Waals surface area contributed by atoms with Gasteiger partial charge in [0, 0.05) is 46.6 Å². The van der Waals surface area contributed by atoms with Crippen molar-refractivity contribution in [3.8, 4) is 5.75 Å². The molecular formula is C21H35FIN3O3. The zero-order valence-corrected chi connectivity index (χ0v) is 19.7. The van der Waals surface area contributed by atoms with Crippen LogP contribution < -0.4 is 15.4 Å². The van der Waals surface area contributed by atoms with Crippen molar-refractivity contribution < 1.29 is 18.6 Å². The van der Waals surface area contributed by atoms with Gasteiger partial charge in [0.05, 0.1) is 6.61 Å². The number of nitrogens with zero attached hydrogens (tertiary/aromatic N) is 1. The number of ether oxygens (including phenoxy) is 3. The Labute approximate surface area is 191 Å². The van der Waals surface area contributed by atoms with E-state index in [-0.39, 0.29) is 29.8 Å². The molecule has 1 aromatic rings. The summed E-state index contributed by atoms with van der Waals surface area (Å²) in [5, 5.41) is 6.60. The van der Waals surface area contributed by atoms with E-state index in [1.54, 1.807) is 19.2 Å². The quantitative estimate of drug-likeness (QED) is 0.190. The average Bonchev–Trinajstić information content (AvgIpc) is 2.73. The molecule has 1 aliphatic heterocycles. The van der Waals surface area contributed by atoms with Crippen LogP contribution in [0.25, 0.3) is 0 Å². The average molecular weight is 523 g/mol. The first-order valence-electron chi connectivity index (χ1n) is 10.3. The van der Waals surface area contributed by atoms with Gasteiger partial charge < -0.3 is 24.8 Å². The van der Waals surface area contributed by atoms with Crippen molar-refractivity contribution in [3.05, 3.63) is 30.1 Å². The smallest absolute Gasteiger partial charge is 0.190 e. The number of halogens is 2. The highest BCUT2D eigenvalue weighted by Crippen LogP contribution is 2.14. The van der Waals surface area contributed by atoms with E-state index in [9.17, 15) is 4.39 Å². The van der Waals surface area contributed by atoms with Crippen molar-refractivity contribution in [3.63, 3.8) is 0 Å². The molecule has 1 aromatic carbocycles. The first-order chi connectivity index (χ1) is 13.8. The van der Waals surface area contributed by atoms with Crippen LogP contribution in [0.3, 0.4) is 0 Å². The zero-order chi connectivity index (χ0) is 19.9. The largest absolute Gasteiger partial charge is 0.494 e. The standard InChI is InChI=1S/C21H34FN3O3.HI/c1-23-21(25-12-4-13-27-17-18-9-15-26-16-10-18)24-11-2-3-14-28-20-7-5-19(22)6-8-20;/h5-8,18H,2-4,9-17H2,1H3,(H2,23,24,25);1H. The van der Waals surface area contributed by atoms with Crippen molar-refractivity contribution in [2.24, 2.45) is 10.9 Å². The van der Waals surface area contributed by atoms with Gasteiger partial charge in [-0.1, -0.05) is 0 Å².